The van der Waals surface area contributed by atoms with Crippen LogP contribution in [0.5, 0.6) is 11.5 Å². The van der Waals surface area contributed by atoms with E-state index in [4.69, 9.17) is 15.2 Å². The van der Waals surface area contributed by atoms with Gasteiger partial charge in [-0.2, -0.15) is 0 Å². The van der Waals surface area contributed by atoms with Crippen molar-refractivity contribution in [2.24, 2.45) is 5.73 Å². The smallest absolute Gasteiger partial charge is 0.316 e. The average molecular weight is 343 g/mol. The van der Waals surface area contributed by atoms with Crippen LogP contribution >= 0.6 is 0 Å². The van der Waals surface area contributed by atoms with Crippen LogP contribution in [0.1, 0.15) is 24.2 Å². The highest BCUT2D eigenvalue weighted by Crippen LogP contribution is 2.30. The molecule has 2 aromatic rings. The van der Waals surface area contributed by atoms with Crippen molar-refractivity contribution in [1.29, 1.82) is 0 Å². The number of benzene rings is 2. The summed E-state index contributed by atoms with van der Waals surface area (Å²) in [6.45, 7) is 4.76. The number of nitrogens with one attached hydrogen (secondary N) is 2. The number of carbonyl (C=O) groups excluding carboxylic acids is 2. The van der Waals surface area contributed by atoms with Gasteiger partial charge in [0, 0.05) is 23.0 Å². The van der Waals surface area contributed by atoms with Crippen molar-refractivity contribution < 1.29 is 19.1 Å². The van der Waals surface area contributed by atoms with E-state index in [2.05, 4.69) is 10.6 Å². The van der Waals surface area contributed by atoms with Gasteiger partial charge in [-0.3, -0.25) is 4.79 Å². The molecular weight excluding hydrogens is 322 g/mol. The third-order valence-corrected chi connectivity index (χ3v) is 3.19. The number of primary amides is 1. The molecule has 0 unspecified atom stereocenters. The standard InChI is InChI=1S/C18H21N3O4/c1-3-24-15-9-8-14(11-16(15)25-4-2)20-17(22)12-6-5-7-13(10-12)21-18(19)23/h5-11H,3-4H2,1-2H3,(H,20,22)(H3,19,21,23). The first-order chi connectivity index (χ1) is 12.0. The zero-order valence-corrected chi connectivity index (χ0v) is 14.2. The van der Waals surface area contributed by atoms with Gasteiger partial charge in [-0.15, -0.1) is 0 Å². The zero-order valence-electron chi connectivity index (χ0n) is 14.2. The van der Waals surface area contributed by atoms with Crippen LogP contribution < -0.4 is 25.8 Å². The Bertz CT molecular complexity index is 762. The Kier molecular flexibility index (Phi) is 6.22. The molecule has 0 aliphatic heterocycles. The molecule has 0 heterocycles. The summed E-state index contributed by atoms with van der Waals surface area (Å²) in [6.07, 6.45) is 0. The van der Waals surface area contributed by atoms with Gasteiger partial charge < -0.3 is 25.8 Å². The van der Waals surface area contributed by atoms with E-state index < -0.39 is 6.03 Å². The van der Waals surface area contributed by atoms with Gasteiger partial charge in [0.15, 0.2) is 11.5 Å². The molecule has 0 saturated carbocycles. The Morgan fingerprint density at radius 1 is 0.920 bits per heavy atom. The van der Waals surface area contributed by atoms with Crippen LogP contribution in [0.15, 0.2) is 42.5 Å². The zero-order chi connectivity index (χ0) is 18.2. The van der Waals surface area contributed by atoms with E-state index >= 15 is 0 Å². The molecule has 0 spiro atoms. The molecule has 3 amide bonds. The van der Waals surface area contributed by atoms with Gasteiger partial charge in [0.05, 0.1) is 13.2 Å². The van der Waals surface area contributed by atoms with Crippen molar-refractivity contribution in [2.45, 2.75) is 13.8 Å². The maximum Gasteiger partial charge on any atom is 0.316 e. The van der Waals surface area contributed by atoms with Gasteiger partial charge in [-0.1, -0.05) is 6.07 Å². The SMILES string of the molecule is CCOc1ccc(NC(=O)c2cccc(NC(N)=O)c2)cc1OCC. The van der Waals surface area contributed by atoms with Crippen molar-refractivity contribution in [1.82, 2.24) is 0 Å². The maximum atomic E-state index is 12.4. The van der Waals surface area contributed by atoms with Crippen LogP contribution in [0.4, 0.5) is 16.2 Å². The van der Waals surface area contributed by atoms with E-state index in [9.17, 15) is 9.59 Å². The van der Waals surface area contributed by atoms with Crippen LogP contribution in [-0.2, 0) is 0 Å². The second kappa shape index (κ2) is 8.58. The fourth-order valence-electron chi connectivity index (χ4n) is 2.21. The molecule has 7 heteroatoms. The largest absolute Gasteiger partial charge is 0.490 e. The molecule has 4 N–H and O–H groups in total. The minimum Gasteiger partial charge on any atom is -0.490 e. The summed E-state index contributed by atoms with van der Waals surface area (Å²) in [6, 6.07) is 11.0. The monoisotopic (exact) mass is 343 g/mol. The maximum absolute atomic E-state index is 12.4. The normalized spacial score (nSPS) is 10.0. The minimum absolute atomic E-state index is 0.320. The van der Waals surface area contributed by atoms with Gasteiger partial charge >= 0.3 is 6.03 Å². The number of ether oxygens (including phenoxy) is 2. The van der Waals surface area contributed by atoms with Crippen LogP contribution in [0.3, 0.4) is 0 Å². The third-order valence-electron chi connectivity index (χ3n) is 3.19. The molecule has 0 saturated heterocycles. The summed E-state index contributed by atoms with van der Waals surface area (Å²) in [5, 5.41) is 5.22. The second-order valence-electron chi connectivity index (χ2n) is 5.05. The molecule has 7 nitrogen and oxygen atoms in total. The number of urea groups is 1. The summed E-state index contributed by atoms with van der Waals surface area (Å²) < 4.78 is 11.0. The molecule has 2 aromatic carbocycles. The summed E-state index contributed by atoms with van der Waals surface area (Å²) in [5.41, 5.74) is 6.49. The Labute approximate surface area is 146 Å². The summed E-state index contributed by atoms with van der Waals surface area (Å²) in [5.74, 6) is 0.862. The van der Waals surface area contributed by atoms with Crippen molar-refractivity contribution >= 4 is 23.3 Å². The molecule has 2 rings (SSSR count). The van der Waals surface area contributed by atoms with E-state index in [0.29, 0.717) is 41.7 Å². The summed E-state index contributed by atoms with van der Waals surface area (Å²) >= 11 is 0. The van der Waals surface area contributed by atoms with E-state index in [-0.39, 0.29) is 5.91 Å². The lowest BCUT2D eigenvalue weighted by Gasteiger charge is -2.13. The molecule has 25 heavy (non-hydrogen) atoms. The highest BCUT2D eigenvalue weighted by atomic mass is 16.5. The number of carbonyl (C=O) groups is 2. The molecule has 0 radical (unpaired) electrons. The van der Waals surface area contributed by atoms with Gasteiger partial charge in [0.1, 0.15) is 0 Å². The van der Waals surface area contributed by atoms with Crippen LogP contribution in [0.2, 0.25) is 0 Å². The molecule has 0 bridgehead atoms. The number of rotatable bonds is 7. The number of anilines is 2. The van der Waals surface area contributed by atoms with E-state index in [1.165, 1.54) is 6.07 Å². The van der Waals surface area contributed by atoms with E-state index in [1.54, 1.807) is 36.4 Å². The summed E-state index contributed by atoms with van der Waals surface area (Å²) in [7, 11) is 0. The molecule has 0 atom stereocenters. The van der Waals surface area contributed by atoms with Crippen LogP contribution in [0, 0.1) is 0 Å². The van der Waals surface area contributed by atoms with Crippen molar-refractivity contribution in [3.8, 4) is 11.5 Å². The molecule has 0 aliphatic rings. The molecule has 0 aliphatic carbocycles. The molecular formula is C18H21N3O4. The summed E-state index contributed by atoms with van der Waals surface area (Å²) in [4.78, 5) is 23.3. The Morgan fingerprint density at radius 2 is 1.60 bits per heavy atom. The van der Waals surface area contributed by atoms with Crippen molar-refractivity contribution in [3.63, 3.8) is 0 Å². The van der Waals surface area contributed by atoms with Gasteiger partial charge in [-0.25, -0.2) is 4.79 Å². The average Bonchev–Trinajstić information content (AvgIpc) is 2.57. The molecule has 0 fully saturated rings. The van der Waals surface area contributed by atoms with Crippen LogP contribution in [-0.4, -0.2) is 25.2 Å². The fraction of sp³-hybridized carbons (Fsp3) is 0.222. The van der Waals surface area contributed by atoms with Gasteiger partial charge in [0.25, 0.3) is 5.91 Å². The highest BCUT2D eigenvalue weighted by Gasteiger charge is 2.11. The lowest BCUT2D eigenvalue weighted by atomic mass is 10.1. The lowest BCUT2D eigenvalue weighted by molar-refractivity contribution is 0.102. The minimum atomic E-state index is -0.689. The molecule has 0 aromatic heterocycles. The first-order valence-corrected chi connectivity index (χ1v) is 7.91. The number of hydrogen-bond acceptors (Lipinski definition) is 4. The third kappa shape index (κ3) is 5.13. The quantitative estimate of drug-likeness (QED) is 0.718. The molecule has 132 valence electrons. The highest BCUT2D eigenvalue weighted by molar-refractivity contribution is 6.05. The van der Waals surface area contributed by atoms with Crippen LogP contribution in [0.25, 0.3) is 0 Å². The predicted molar refractivity (Wildman–Crippen MR) is 96.4 cm³/mol. The second-order valence-corrected chi connectivity index (χ2v) is 5.05. The number of hydrogen-bond donors (Lipinski definition) is 3. The van der Waals surface area contributed by atoms with Gasteiger partial charge in [-0.05, 0) is 44.2 Å². The fourth-order valence-corrected chi connectivity index (χ4v) is 2.21. The van der Waals surface area contributed by atoms with Crippen molar-refractivity contribution in [3.05, 3.63) is 48.0 Å². The van der Waals surface area contributed by atoms with E-state index in [0.717, 1.165) is 0 Å². The Hall–Kier alpha value is -3.22. The number of nitrogens with two attached hydrogens (primary N) is 1. The van der Waals surface area contributed by atoms with E-state index in [1.807, 2.05) is 13.8 Å². The first kappa shape index (κ1) is 18.1. The predicted octanol–water partition coefficient (Wildman–Crippen LogP) is 3.23. The topological polar surface area (TPSA) is 103 Å². The Morgan fingerprint density at radius 3 is 2.28 bits per heavy atom. The van der Waals surface area contributed by atoms with Gasteiger partial charge in [0.2, 0.25) is 0 Å². The first-order valence-electron chi connectivity index (χ1n) is 7.91. The number of amides is 3. The van der Waals surface area contributed by atoms with Crippen molar-refractivity contribution in [2.75, 3.05) is 23.8 Å². The Balaban J connectivity index is 2.17. The lowest BCUT2D eigenvalue weighted by Crippen LogP contribution is -2.19.